The van der Waals surface area contributed by atoms with Crippen LogP contribution in [-0.2, 0) is 18.2 Å². The maximum atomic E-state index is 11.7. The Morgan fingerprint density at radius 2 is 2.06 bits per heavy atom. The van der Waals surface area contributed by atoms with Crippen LogP contribution in [0.25, 0.3) is 0 Å². The molecule has 1 heterocycles. The normalized spacial score (nSPS) is 9.94. The van der Waals surface area contributed by atoms with Gasteiger partial charge in [-0.15, -0.1) is 0 Å². The molecule has 0 saturated heterocycles. The largest absolute Gasteiger partial charge is 0.465 e. The first kappa shape index (κ1) is 12.3. The minimum absolute atomic E-state index is 0.325. The lowest BCUT2D eigenvalue weighted by atomic mass is 10.0. The van der Waals surface area contributed by atoms with Gasteiger partial charge in [-0.25, -0.2) is 4.79 Å². The van der Waals surface area contributed by atoms with Crippen molar-refractivity contribution in [3.63, 3.8) is 0 Å². The average Bonchev–Trinajstić information content (AvgIpc) is 2.50. The number of carbonyl (C=O) groups is 1. The summed E-state index contributed by atoms with van der Waals surface area (Å²) in [5.74, 6) is -0.325. The molecule has 0 atom stereocenters. The van der Waals surface area contributed by atoms with E-state index in [2.05, 4.69) is 6.07 Å². The first-order chi connectivity index (χ1) is 7.54. The van der Waals surface area contributed by atoms with Crippen molar-refractivity contribution in [2.24, 2.45) is 7.05 Å². The van der Waals surface area contributed by atoms with Gasteiger partial charge < -0.3 is 9.30 Å². The molecular weight excluding hydrogens is 204 g/mol. The van der Waals surface area contributed by atoms with Gasteiger partial charge >= 0.3 is 5.97 Å². The summed E-state index contributed by atoms with van der Waals surface area (Å²) in [4.78, 5) is 11.7. The number of hydrogen-bond donors (Lipinski definition) is 0. The van der Waals surface area contributed by atoms with Crippen molar-refractivity contribution in [3.8, 4) is 6.07 Å². The predicted molar refractivity (Wildman–Crippen MR) is 60.2 cm³/mol. The highest BCUT2D eigenvalue weighted by atomic mass is 16.5. The van der Waals surface area contributed by atoms with Crippen LogP contribution in [-0.4, -0.2) is 17.6 Å². The van der Waals surface area contributed by atoms with Crippen LogP contribution in [0.5, 0.6) is 0 Å². The standard InChI is InChI=1S/C12H16N2O2/c1-8-10(6-5-7-13)11(12(15)16-4)9(2)14(8)3/h5-6H2,1-4H3. The number of ether oxygens (including phenoxy) is 1. The zero-order valence-corrected chi connectivity index (χ0v) is 10.1. The van der Waals surface area contributed by atoms with E-state index in [1.54, 1.807) is 0 Å². The van der Waals surface area contributed by atoms with Crippen molar-refractivity contribution in [2.75, 3.05) is 7.11 Å². The molecule has 1 rings (SSSR count). The van der Waals surface area contributed by atoms with Crippen LogP contribution in [0.3, 0.4) is 0 Å². The molecule has 1 aromatic heterocycles. The molecule has 4 heteroatoms. The van der Waals surface area contributed by atoms with E-state index >= 15 is 0 Å². The van der Waals surface area contributed by atoms with E-state index in [0.717, 1.165) is 17.0 Å². The molecule has 4 nitrogen and oxygen atoms in total. The Morgan fingerprint density at radius 3 is 2.56 bits per heavy atom. The summed E-state index contributed by atoms with van der Waals surface area (Å²) in [7, 11) is 3.28. The van der Waals surface area contributed by atoms with E-state index in [4.69, 9.17) is 10.00 Å². The van der Waals surface area contributed by atoms with Crippen molar-refractivity contribution in [3.05, 3.63) is 22.5 Å². The number of methoxy groups -OCH3 is 1. The van der Waals surface area contributed by atoms with Gasteiger partial charge in [-0.1, -0.05) is 0 Å². The highest BCUT2D eigenvalue weighted by Crippen LogP contribution is 2.23. The molecule has 0 radical (unpaired) electrons. The van der Waals surface area contributed by atoms with Crippen LogP contribution in [0.1, 0.15) is 33.7 Å². The zero-order chi connectivity index (χ0) is 12.3. The maximum absolute atomic E-state index is 11.7. The van der Waals surface area contributed by atoms with Gasteiger partial charge in [0.1, 0.15) is 0 Å². The molecule has 1 aromatic rings. The minimum Gasteiger partial charge on any atom is -0.465 e. The molecule has 0 aromatic carbocycles. The Bertz CT molecular complexity index is 453. The molecule has 0 aliphatic rings. The number of aromatic nitrogens is 1. The lowest BCUT2D eigenvalue weighted by molar-refractivity contribution is 0.0598. The maximum Gasteiger partial charge on any atom is 0.339 e. The Labute approximate surface area is 95.4 Å². The van der Waals surface area contributed by atoms with Crippen molar-refractivity contribution in [1.29, 1.82) is 5.26 Å². The zero-order valence-electron chi connectivity index (χ0n) is 10.1. The van der Waals surface area contributed by atoms with E-state index in [1.165, 1.54) is 7.11 Å². The molecule has 0 amide bonds. The minimum atomic E-state index is -0.325. The molecule has 0 N–H and O–H groups in total. The number of nitriles is 1. The van der Waals surface area contributed by atoms with Crippen molar-refractivity contribution < 1.29 is 9.53 Å². The number of hydrogen-bond acceptors (Lipinski definition) is 3. The van der Waals surface area contributed by atoms with Gasteiger partial charge in [0.25, 0.3) is 0 Å². The average molecular weight is 220 g/mol. The van der Waals surface area contributed by atoms with Gasteiger partial charge in [0.05, 0.1) is 18.7 Å². The molecule has 16 heavy (non-hydrogen) atoms. The van der Waals surface area contributed by atoms with Crippen molar-refractivity contribution >= 4 is 5.97 Å². The number of esters is 1. The van der Waals surface area contributed by atoms with E-state index in [1.807, 2.05) is 25.5 Å². The summed E-state index contributed by atoms with van der Waals surface area (Å²) in [6.45, 7) is 3.83. The molecular formula is C12H16N2O2. The summed E-state index contributed by atoms with van der Waals surface area (Å²) >= 11 is 0. The topological polar surface area (TPSA) is 55.0 Å². The molecule has 0 spiro atoms. The lowest BCUT2D eigenvalue weighted by Gasteiger charge is -2.02. The third kappa shape index (κ3) is 1.94. The van der Waals surface area contributed by atoms with E-state index < -0.39 is 0 Å². The Morgan fingerprint density at radius 1 is 1.44 bits per heavy atom. The second-order valence-corrected chi connectivity index (χ2v) is 3.73. The van der Waals surface area contributed by atoms with E-state index in [9.17, 15) is 4.79 Å². The highest BCUT2D eigenvalue weighted by Gasteiger charge is 2.21. The quantitative estimate of drug-likeness (QED) is 0.731. The fourth-order valence-electron chi connectivity index (χ4n) is 1.88. The number of rotatable bonds is 3. The first-order valence-corrected chi connectivity index (χ1v) is 5.14. The van der Waals surface area contributed by atoms with E-state index in [0.29, 0.717) is 18.4 Å². The van der Waals surface area contributed by atoms with Gasteiger partial charge in [-0.3, -0.25) is 0 Å². The second kappa shape index (κ2) is 4.84. The predicted octanol–water partition coefficient (Wildman–Crippen LogP) is 1.88. The van der Waals surface area contributed by atoms with Gasteiger partial charge in [-0.05, 0) is 25.8 Å². The second-order valence-electron chi connectivity index (χ2n) is 3.73. The van der Waals surface area contributed by atoms with E-state index in [-0.39, 0.29) is 5.97 Å². The molecule has 86 valence electrons. The lowest BCUT2D eigenvalue weighted by Crippen LogP contribution is -2.06. The summed E-state index contributed by atoms with van der Waals surface area (Å²) in [5.41, 5.74) is 3.44. The first-order valence-electron chi connectivity index (χ1n) is 5.14. The van der Waals surface area contributed by atoms with Gasteiger partial charge in [0.15, 0.2) is 0 Å². The smallest absolute Gasteiger partial charge is 0.339 e. The molecule has 0 saturated carbocycles. The van der Waals surface area contributed by atoms with Gasteiger partial charge in [0, 0.05) is 24.9 Å². The van der Waals surface area contributed by atoms with Gasteiger partial charge in [-0.2, -0.15) is 5.26 Å². The third-order valence-corrected chi connectivity index (χ3v) is 2.98. The van der Waals surface area contributed by atoms with Crippen LogP contribution < -0.4 is 0 Å². The molecule has 0 aliphatic heterocycles. The van der Waals surface area contributed by atoms with Crippen molar-refractivity contribution in [2.45, 2.75) is 26.7 Å². The summed E-state index contributed by atoms with van der Waals surface area (Å²) < 4.78 is 6.73. The van der Waals surface area contributed by atoms with Crippen LogP contribution in [0.4, 0.5) is 0 Å². The SMILES string of the molecule is COC(=O)c1c(CCC#N)c(C)n(C)c1C. The Hall–Kier alpha value is -1.76. The summed E-state index contributed by atoms with van der Waals surface area (Å²) in [6.07, 6.45) is 1.00. The van der Waals surface area contributed by atoms with Crippen LogP contribution in [0, 0.1) is 25.2 Å². The van der Waals surface area contributed by atoms with Crippen molar-refractivity contribution in [1.82, 2.24) is 4.57 Å². The number of carbonyl (C=O) groups excluding carboxylic acids is 1. The summed E-state index contributed by atoms with van der Waals surface area (Å²) in [5, 5.41) is 8.61. The summed E-state index contributed by atoms with van der Waals surface area (Å²) in [6, 6.07) is 2.09. The molecule has 0 bridgehead atoms. The Balaban J connectivity index is 3.28. The van der Waals surface area contributed by atoms with Gasteiger partial charge in [0.2, 0.25) is 0 Å². The molecule has 0 aliphatic carbocycles. The highest BCUT2D eigenvalue weighted by molar-refractivity contribution is 5.93. The fraction of sp³-hybridized carbons (Fsp3) is 0.500. The molecule has 0 fully saturated rings. The van der Waals surface area contributed by atoms with Crippen LogP contribution in [0.2, 0.25) is 0 Å². The van der Waals surface area contributed by atoms with Crippen LogP contribution in [0.15, 0.2) is 0 Å². The fourth-order valence-corrected chi connectivity index (χ4v) is 1.88. The monoisotopic (exact) mass is 220 g/mol. The molecule has 0 unspecified atom stereocenters. The Kier molecular flexibility index (Phi) is 3.73. The number of nitrogens with zero attached hydrogens (tertiary/aromatic N) is 2. The van der Waals surface area contributed by atoms with Crippen LogP contribution >= 0.6 is 0 Å². The third-order valence-electron chi connectivity index (χ3n) is 2.98.